The molecule has 0 aliphatic carbocycles. The summed E-state index contributed by atoms with van der Waals surface area (Å²) in [5.74, 6) is -0.637. The molecule has 0 atom stereocenters. The van der Waals surface area contributed by atoms with Gasteiger partial charge in [-0.25, -0.2) is 0 Å². The van der Waals surface area contributed by atoms with E-state index in [0.29, 0.717) is 6.42 Å². The zero-order chi connectivity index (χ0) is 5.86. The monoisotopic (exact) mass is 185 g/mol. The van der Waals surface area contributed by atoms with Crippen molar-refractivity contribution in [2.24, 2.45) is 0 Å². The molecule has 0 amide bonds. The quantitative estimate of drug-likeness (QED) is 0.575. The predicted molar refractivity (Wildman–Crippen MR) is 31.7 cm³/mol. The Hall–Kier alpha value is 1.15. The van der Waals surface area contributed by atoms with Gasteiger partial charge in [0.2, 0.25) is 0 Å². The van der Waals surface area contributed by atoms with E-state index >= 15 is 0 Å². The average Bonchev–Trinajstić information content (AvgIpc) is 1.65. The molecule has 0 rings (SSSR count). The molecule has 0 bridgehead atoms. The van der Waals surface area contributed by atoms with E-state index in [0.717, 1.165) is 0 Å². The van der Waals surface area contributed by atoms with Gasteiger partial charge in [-0.2, -0.15) is 0 Å². The maximum Gasteiger partial charge on any atom is 0.197 e. The van der Waals surface area contributed by atoms with E-state index in [2.05, 4.69) is 0 Å². The maximum atomic E-state index is 10.2. The molecule has 41 valence electrons. The summed E-state index contributed by atoms with van der Waals surface area (Å²) >= 11 is 0. The number of hydrogen-bond acceptors (Lipinski definition) is 2. The minimum atomic E-state index is -0.345. The van der Waals surface area contributed by atoms with Gasteiger partial charge in [0.1, 0.15) is 0 Å². The number of carbonyl (C=O) groups is 2. The summed E-state index contributed by atoms with van der Waals surface area (Å²) in [4.78, 5) is 20.2. The molecule has 8 heavy (non-hydrogen) atoms. The van der Waals surface area contributed by atoms with Gasteiger partial charge in [-0.15, -0.1) is 0 Å². The average molecular weight is 186 g/mol. The third-order valence-corrected chi connectivity index (χ3v) is 0.714. The van der Waals surface area contributed by atoms with Crippen molar-refractivity contribution >= 4 is 69.8 Å². The molecule has 0 spiro atoms. The van der Waals surface area contributed by atoms with Crippen molar-refractivity contribution in [3.8, 4) is 0 Å². The smallest absolute Gasteiger partial charge is 0.197 e. The van der Waals surface area contributed by atoms with Crippen molar-refractivity contribution in [3.63, 3.8) is 0 Å². The second-order valence-corrected chi connectivity index (χ2v) is 1.33. The molecule has 0 aliphatic rings. The first-order valence-electron chi connectivity index (χ1n) is 2.22. The minimum absolute atomic E-state index is 0. The Morgan fingerprint density at radius 1 is 1.38 bits per heavy atom. The predicted octanol–water partition coefficient (Wildman–Crippen LogP) is 0.174. The first-order valence-corrected chi connectivity index (χ1v) is 2.22. The van der Waals surface area contributed by atoms with Gasteiger partial charge in [0.25, 0.3) is 0 Å². The molecule has 0 fully saturated rings. The van der Waals surface area contributed by atoms with Crippen LogP contribution in [0.4, 0.5) is 0 Å². The van der Waals surface area contributed by atoms with Crippen LogP contribution < -0.4 is 0 Å². The molecule has 0 saturated carbocycles. The van der Waals surface area contributed by atoms with Gasteiger partial charge in [0.05, 0.1) is 0 Å². The summed E-state index contributed by atoms with van der Waals surface area (Å²) in [5.41, 5.74) is 0. The molecule has 0 aliphatic heterocycles. The molecule has 0 saturated heterocycles. The Kier molecular flexibility index (Phi) is 9.31. The van der Waals surface area contributed by atoms with Crippen molar-refractivity contribution < 1.29 is 9.59 Å². The van der Waals surface area contributed by atoms with Crippen LogP contribution in [0.5, 0.6) is 0 Å². The molecule has 1 radical (unpaired) electrons. The fourth-order valence-corrected chi connectivity index (χ4v) is 0.249. The fraction of sp³-hybridized carbons (Fsp3) is 0.600. The summed E-state index contributed by atoms with van der Waals surface area (Å²) < 4.78 is 0. The second-order valence-electron chi connectivity index (χ2n) is 1.33. The largest absolute Gasteiger partial charge is 0.291 e. The molecule has 0 N–H and O–H groups in total. The summed E-state index contributed by atoms with van der Waals surface area (Å²) in [6.45, 7) is 2.95. The molecule has 3 heteroatoms. The standard InChI is InChI=1S/C5H8O2.Rb/c1-3-5(7)4(2)6;/h3H2,1-2H3;. The van der Waals surface area contributed by atoms with Crippen LogP contribution in [0.3, 0.4) is 0 Å². The van der Waals surface area contributed by atoms with E-state index in [4.69, 9.17) is 0 Å². The van der Waals surface area contributed by atoms with Gasteiger partial charge < -0.3 is 0 Å². The van der Waals surface area contributed by atoms with Crippen molar-refractivity contribution in [2.75, 3.05) is 0 Å². The van der Waals surface area contributed by atoms with Crippen LogP contribution in [-0.2, 0) is 9.59 Å². The maximum absolute atomic E-state index is 10.2. The Balaban J connectivity index is 0. The Morgan fingerprint density at radius 3 is 1.75 bits per heavy atom. The first kappa shape index (κ1) is 11.9. The fourth-order valence-electron chi connectivity index (χ4n) is 0.249. The number of hydrogen-bond donors (Lipinski definition) is 0. The summed E-state index contributed by atoms with van der Waals surface area (Å²) in [6, 6.07) is 0. The van der Waals surface area contributed by atoms with Crippen LogP contribution in [0.15, 0.2) is 0 Å². The van der Waals surface area contributed by atoms with E-state index in [-0.39, 0.29) is 69.8 Å². The van der Waals surface area contributed by atoms with E-state index in [1.165, 1.54) is 6.92 Å². The molecule has 0 aromatic rings. The zero-order valence-electron chi connectivity index (χ0n) is 5.52. The Bertz CT molecular complexity index is 98.6. The first-order chi connectivity index (χ1) is 3.18. The van der Waals surface area contributed by atoms with Crippen LogP contribution in [0.1, 0.15) is 20.3 Å². The van der Waals surface area contributed by atoms with Crippen LogP contribution >= 0.6 is 0 Å². The zero-order valence-corrected chi connectivity index (χ0v) is 10.4. The number of carbonyl (C=O) groups excluding carboxylic acids is 2. The minimum Gasteiger partial charge on any atom is -0.291 e. The third-order valence-electron chi connectivity index (χ3n) is 0.714. The van der Waals surface area contributed by atoms with Crippen LogP contribution in [0, 0.1) is 0 Å². The SMILES string of the molecule is CCC(=O)C(C)=O.[Rb]. The molecule has 0 aromatic carbocycles. The Labute approximate surface area is 97.8 Å². The van der Waals surface area contributed by atoms with E-state index in [1.54, 1.807) is 6.92 Å². The third kappa shape index (κ3) is 5.29. The molecule has 2 nitrogen and oxygen atoms in total. The summed E-state index contributed by atoms with van der Waals surface area (Å²) in [7, 11) is 0. The van der Waals surface area contributed by atoms with Crippen molar-refractivity contribution in [1.29, 1.82) is 0 Å². The van der Waals surface area contributed by atoms with Gasteiger partial charge in [0, 0.05) is 71.5 Å². The summed E-state index contributed by atoms with van der Waals surface area (Å²) in [5, 5.41) is 0. The van der Waals surface area contributed by atoms with E-state index in [1.807, 2.05) is 0 Å². The second kappa shape index (κ2) is 6.27. The molecule has 0 heterocycles. The Morgan fingerprint density at radius 2 is 1.75 bits per heavy atom. The topological polar surface area (TPSA) is 34.1 Å². The number of Topliss-reactive ketones (excluding diaryl/α,β-unsaturated/α-hetero) is 2. The van der Waals surface area contributed by atoms with Crippen LogP contribution in [-0.4, -0.2) is 69.8 Å². The van der Waals surface area contributed by atoms with E-state index in [9.17, 15) is 9.59 Å². The van der Waals surface area contributed by atoms with Gasteiger partial charge >= 0.3 is 0 Å². The van der Waals surface area contributed by atoms with Crippen molar-refractivity contribution in [1.82, 2.24) is 0 Å². The van der Waals surface area contributed by atoms with Crippen LogP contribution in [0.25, 0.3) is 0 Å². The molecular weight excluding hydrogens is 178 g/mol. The van der Waals surface area contributed by atoms with Crippen molar-refractivity contribution in [3.05, 3.63) is 0 Å². The van der Waals surface area contributed by atoms with Gasteiger partial charge in [-0.05, 0) is 0 Å². The normalized spacial score (nSPS) is 7.25. The van der Waals surface area contributed by atoms with Crippen molar-refractivity contribution in [2.45, 2.75) is 20.3 Å². The molecular formula is C5H8O2Rb. The van der Waals surface area contributed by atoms with Gasteiger partial charge in [-0.3, -0.25) is 9.59 Å². The van der Waals surface area contributed by atoms with Gasteiger partial charge in [0.15, 0.2) is 11.6 Å². The van der Waals surface area contributed by atoms with Crippen LogP contribution in [0.2, 0.25) is 0 Å². The van der Waals surface area contributed by atoms with Gasteiger partial charge in [-0.1, -0.05) is 6.92 Å². The number of ketones is 2. The molecule has 0 aromatic heterocycles. The number of rotatable bonds is 2. The van der Waals surface area contributed by atoms with E-state index < -0.39 is 0 Å². The summed E-state index contributed by atoms with van der Waals surface area (Å²) in [6.07, 6.45) is 0.329. The molecule has 0 unspecified atom stereocenters.